The number of epoxide rings is 1. The largest absolute Gasteiger partial charge is 0.454 e. The molecule has 0 spiro atoms. The third-order valence-electron chi connectivity index (χ3n) is 22.4. The monoisotopic (exact) mass is 2280 g/mol. The number of H-pyrrole nitrogens is 1. The van der Waals surface area contributed by atoms with Crippen molar-refractivity contribution in [1.82, 2.24) is 93.4 Å². The van der Waals surface area contributed by atoms with Crippen LogP contribution in [0.1, 0.15) is 64.7 Å². The van der Waals surface area contributed by atoms with Gasteiger partial charge in [-0.1, -0.05) is 12.1 Å². The summed E-state index contributed by atoms with van der Waals surface area (Å²) in [5.74, 6) is 0.935. The van der Waals surface area contributed by atoms with Crippen LogP contribution in [0.2, 0.25) is 0 Å². The molecule has 0 amide bonds. The molecule has 15 atom stereocenters. The van der Waals surface area contributed by atoms with Crippen molar-refractivity contribution in [2.24, 2.45) is 5.73 Å². The number of ether oxygens (including phenoxy) is 10. The van der Waals surface area contributed by atoms with Gasteiger partial charge in [0.25, 0.3) is 17.8 Å². The van der Waals surface area contributed by atoms with Crippen molar-refractivity contribution >= 4 is 137 Å². The number of aromatic amines is 1. The molecule has 9 aliphatic heterocycles. The van der Waals surface area contributed by atoms with Gasteiger partial charge in [0, 0.05) is 129 Å². The van der Waals surface area contributed by atoms with Crippen LogP contribution in [-0.4, -0.2) is 309 Å². The summed E-state index contributed by atoms with van der Waals surface area (Å²) in [4.78, 5) is 60.0. The van der Waals surface area contributed by atoms with E-state index in [0.29, 0.717) is 90.8 Å². The fourth-order valence-corrected chi connectivity index (χ4v) is 16.5. The van der Waals surface area contributed by atoms with Gasteiger partial charge in [-0.05, 0) is 151 Å². The molecule has 52 heteroatoms. The van der Waals surface area contributed by atoms with Crippen molar-refractivity contribution in [3.8, 4) is 16.9 Å². The van der Waals surface area contributed by atoms with E-state index < -0.39 is 58.0 Å². The van der Waals surface area contributed by atoms with Gasteiger partial charge in [0.1, 0.15) is 108 Å². The standard InChI is InChI=1S/C29H31FN10O2.C14H12BrN3O5.4C7H9BrN2O2.C7H5NO4.C4H6O2.C3H3BrN2/c1-29(31,21-2-4-23(30)5-3-21)22-12-32-28(33-13-22)38-8-6-37(7-9-38)27-24-10-19(14-39(24)36-18-34-27)20-11-35-40(15-20)25-16-42-17-26(25)41;15-10-5-16-17(6-10)12-7-22-8-13(12)23-14(19)9-1-3-11(4-2-9)18(20)21;4*8-5-1-9-10(2-5)6-3-12-4-7(6)11;9-5-12-7-3-1-6(2-4-7)8(10)11;1-3-4(6-3)2-5-1;4-3-1-5-6-2-3/h2-5,10-15,18,25-26,41H,6-9,16-17,31H2,1H3;1-6,12-13H,7-8H2;4*1-2,6-7,11H,3-4H2;1-5H;3-4H,1-2H2;1-2H,(H,5,6)/t25-,26+,29+;12-,13+;3*6-,7+;6-,7-;;;/m101000.../s1. The molecule has 2 unspecified atom stereocenters. The first kappa shape index (κ1) is 102. The van der Waals surface area contributed by atoms with E-state index in [-0.39, 0.29) is 77.8 Å². The van der Waals surface area contributed by atoms with Crippen LogP contribution < -0.4 is 20.3 Å². The van der Waals surface area contributed by atoms with Crippen LogP contribution in [0.3, 0.4) is 0 Å². The van der Waals surface area contributed by atoms with E-state index in [1.54, 1.807) is 115 Å². The minimum absolute atomic E-state index is 0.0312. The number of hydrogen-bond acceptors (Lipinski definition) is 35. The van der Waals surface area contributed by atoms with E-state index in [9.17, 15) is 59.7 Å². The van der Waals surface area contributed by atoms with Gasteiger partial charge in [-0.25, -0.2) is 28.7 Å². The summed E-state index contributed by atoms with van der Waals surface area (Å²) in [6.07, 6.45) is 30.0. The van der Waals surface area contributed by atoms with Gasteiger partial charge >= 0.3 is 5.97 Å². The molecule has 0 saturated carbocycles. The lowest BCUT2D eigenvalue weighted by atomic mass is 9.87. The number of piperazine rings is 1. The fourth-order valence-electron chi connectivity index (χ4n) is 14.7. The normalized spacial score (nSPS) is 23.6. The average molecular weight is 2290 g/mol. The summed E-state index contributed by atoms with van der Waals surface area (Å²) in [7, 11) is 0. The number of benzene rings is 3. The molecule has 0 radical (unpaired) electrons. The number of nitro groups is 2. The third-order valence-corrected chi connectivity index (χ3v) is 24.9. The maximum absolute atomic E-state index is 13.4. The number of nitrogens with zero attached hydrogens (tertiary/aromatic N) is 22. The van der Waals surface area contributed by atoms with Crippen LogP contribution in [0.15, 0.2) is 217 Å². The summed E-state index contributed by atoms with van der Waals surface area (Å²) >= 11 is 19.7. The van der Waals surface area contributed by atoms with E-state index in [2.05, 4.69) is 177 Å². The molecular formula is C85H93Br6FN24O21. The predicted octanol–water partition coefficient (Wildman–Crippen LogP) is 8.75. The van der Waals surface area contributed by atoms with Crippen molar-refractivity contribution in [3.05, 3.63) is 260 Å². The Kier molecular flexibility index (Phi) is 36.5. The number of aliphatic hydroxyl groups is 5. The Bertz CT molecular complexity index is 5790. The predicted molar refractivity (Wildman–Crippen MR) is 504 cm³/mol. The molecule has 3 aromatic carbocycles. The Morgan fingerprint density at radius 1 is 0.482 bits per heavy atom. The van der Waals surface area contributed by atoms with Gasteiger partial charge in [-0.15, -0.1) is 0 Å². The second kappa shape index (κ2) is 48.8. The highest BCUT2D eigenvalue weighted by Gasteiger charge is 2.44. The van der Waals surface area contributed by atoms with Crippen molar-refractivity contribution in [2.75, 3.05) is 128 Å². The van der Waals surface area contributed by atoms with Crippen molar-refractivity contribution in [3.63, 3.8) is 0 Å². The van der Waals surface area contributed by atoms with Crippen LogP contribution in [0.5, 0.6) is 5.75 Å². The number of anilines is 2. The molecule has 19 heterocycles. The van der Waals surface area contributed by atoms with Gasteiger partial charge in [0.15, 0.2) is 5.82 Å². The van der Waals surface area contributed by atoms with E-state index in [0.717, 1.165) is 99.8 Å². The molecule has 728 valence electrons. The number of halogens is 7. The summed E-state index contributed by atoms with van der Waals surface area (Å²) in [6.45, 7) is 11.9. The van der Waals surface area contributed by atoms with Crippen LogP contribution in [0.25, 0.3) is 16.6 Å². The second-order valence-corrected chi connectivity index (χ2v) is 37.3. The minimum Gasteiger partial charge on any atom is -0.454 e. The topological polar surface area (TPSA) is 541 Å². The fraction of sp³-hybridized carbons (Fsp3) is 0.400. The summed E-state index contributed by atoms with van der Waals surface area (Å²) in [6, 6.07) is 18.2. The number of esters is 1. The second-order valence-electron chi connectivity index (χ2n) is 31.8. The molecule has 0 bridgehead atoms. The van der Waals surface area contributed by atoms with Gasteiger partial charge in [0.05, 0.1) is 184 Å². The Morgan fingerprint density at radius 2 is 0.891 bits per heavy atom. The Labute approximate surface area is 829 Å². The summed E-state index contributed by atoms with van der Waals surface area (Å²) in [5.41, 5.74) is 10.2. The quantitative estimate of drug-likeness (QED) is 0.0147. The van der Waals surface area contributed by atoms with Crippen molar-refractivity contribution < 1.29 is 96.7 Å². The molecule has 13 aromatic rings. The van der Waals surface area contributed by atoms with Gasteiger partial charge in [0.2, 0.25) is 5.95 Å². The van der Waals surface area contributed by atoms with E-state index >= 15 is 0 Å². The lowest BCUT2D eigenvalue weighted by molar-refractivity contribution is -0.385. The zero-order valence-corrected chi connectivity index (χ0v) is 82.1. The van der Waals surface area contributed by atoms with Crippen molar-refractivity contribution in [1.29, 1.82) is 0 Å². The summed E-state index contributed by atoms with van der Waals surface area (Å²) < 4.78 is 82.2. The molecule has 9 saturated heterocycles. The van der Waals surface area contributed by atoms with Crippen molar-refractivity contribution in [2.45, 2.75) is 97.5 Å². The SMILES string of the molecule is Brc1cn[nH]c1.C1OCC2OC12.C[C@](N)(c1ccc(F)cc1)c1cnc(N2CCN(c3ncnn4cc(-c5cnn([C@@H]6COC[C@@H]6O)c5)cc34)CC2)nc1.O=C(O[C@@H]1COC[C@@H]1n1cc(Br)cn1)c1ccc([N+](=O)[O-])cc1.O=COc1ccc([N+](=O)[O-])cc1.O[C@@H]1COC[C@@H]1n1cc(Br)cn1.O[C@@H]1COC[C@@H]1n1cc(Br)cn1.O[C@H]1COC[C@@H]1n1cc(Br)cn1.O[C@H]1COC[C@H]1n1cc(Br)cn1. The Balaban J connectivity index is 0.000000134. The molecule has 10 aromatic heterocycles. The summed E-state index contributed by atoms with van der Waals surface area (Å²) in [5, 5.41) is 104. The number of hydrogen-bond donors (Lipinski definition) is 7. The molecule has 0 aliphatic carbocycles. The molecule has 9 fully saturated rings. The number of rotatable bonds is 17. The maximum Gasteiger partial charge on any atom is 0.338 e. The average Bonchev–Trinajstić information content (AvgIpc) is 1.76. The minimum atomic E-state index is -0.843. The van der Waals surface area contributed by atoms with Crippen LogP contribution in [0, 0.1) is 26.0 Å². The molecule has 45 nitrogen and oxygen atoms in total. The van der Waals surface area contributed by atoms with Crippen LogP contribution in [-0.2, 0) is 53.0 Å². The number of fused-ring (bicyclic) bond motifs is 2. The third kappa shape index (κ3) is 28.0. The molecule has 137 heavy (non-hydrogen) atoms. The zero-order valence-electron chi connectivity index (χ0n) is 72.6. The first-order chi connectivity index (χ1) is 66.1. The number of carbonyl (C=O) groups is 2. The molecule has 9 aliphatic rings. The smallest absolute Gasteiger partial charge is 0.338 e. The highest BCUT2D eigenvalue weighted by Crippen LogP contribution is 2.34. The zero-order chi connectivity index (χ0) is 96.8. The molecule has 22 rings (SSSR count). The van der Waals surface area contributed by atoms with E-state index in [4.69, 9.17) is 48.4 Å². The first-order valence-electron chi connectivity index (χ1n) is 42.4. The van der Waals surface area contributed by atoms with Crippen LogP contribution >= 0.6 is 95.6 Å². The number of aliphatic hydroxyl groups excluding tert-OH is 5. The van der Waals surface area contributed by atoms with Gasteiger partial charge in [-0.3, -0.25) is 58.2 Å². The van der Waals surface area contributed by atoms with Gasteiger partial charge in [-0.2, -0.15) is 40.8 Å². The number of nitro benzene ring substituents is 2. The molecular weight excluding hydrogens is 2190 g/mol. The highest BCUT2D eigenvalue weighted by atomic mass is 79.9. The van der Waals surface area contributed by atoms with Crippen LogP contribution in [0.4, 0.5) is 27.5 Å². The number of nitrogens with two attached hydrogens (primary N) is 1. The Morgan fingerprint density at radius 3 is 1.26 bits per heavy atom. The van der Waals surface area contributed by atoms with E-state index in [1.807, 2.05) is 48.6 Å². The molecule has 8 N–H and O–H groups in total. The van der Waals surface area contributed by atoms with E-state index in [1.165, 1.54) is 60.7 Å². The highest BCUT2D eigenvalue weighted by molar-refractivity contribution is 9.11. The Hall–Kier alpha value is -10.6. The lowest BCUT2D eigenvalue weighted by Gasteiger charge is -2.35. The lowest BCUT2D eigenvalue weighted by Crippen LogP contribution is -2.47. The van der Waals surface area contributed by atoms with Gasteiger partial charge < -0.3 is 88.4 Å². The number of aromatic nitrogens is 19. The maximum atomic E-state index is 13.4. The first-order valence-corrected chi connectivity index (χ1v) is 47.1. The number of carbonyl (C=O) groups excluding carboxylic acids is 2. The number of nitrogens with one attached hydrogen (secondary N) is 1. The number of non-ortho nitro benzene ring substituents is 2.